The van der Waals surface area contributed by atoms with Crippen LogP contribution in [0.1, 0.15) is 21.8 Å². The lowest BCUT2D eigenvalue weighted by atomic mass is 10.1. The molecule has 0 saturated heterocycles. The van der Waals surface area contributed by atoms with Gasteiger partial charge in [-0.2, -0.15) is 26.3 Å². The fourth-order valence-electron chi connectivity index (χ4n) is 1.95. The Bertz CT molecular complexity index is 896. The van der Waals surface area contributed by atoms with E-state index in [1.165, 1.54) is 19.2 Å². The Hall–Kier alpha value is -2.01. The largest absolute Gasteiger partial charge is 0.434 e. The number of aliphatic imine (C=N–C) groups is 1. The zero-order chi connectivity index (χ0) is 20.8. The standard InChI is InChI=1S/C17H14F6N4S.HI/c1-24-15(26-9-14-27-13(10-28-14)17(21,22)23)25-7-3-5-11-4-2-6-12(8-11)16(18,19)20;/h2,4,6,8,10H,7,9H2,1H3,(H2,24,25,26);1H. The van der Waals surface area contributed by atoms with E-state index in [9.17, 15) is 26.3 Å². The van der Waals surface area contributed by atoms with Crippen LogP contribution in [0, 0.1) is 11.8 Å². The number of rotatable bonds is 3. The van der Waals surface area contributed by atoms with E-state index in [0.29, 0.717) is 0 Å². The second-order valence-electron chi connectivity index (χ2n) is 5.28. The smallest absolute Gasteiger partial charge is 0.350 e. The van der Waals surface area contributed by atoms with Crippen molar-refractivity contribution in [2.45, 2.75) is 18.9 Å². The number of aromatic nitrogens is 1. The summed E-state index contributed by atoms with van der Waals surface area (Å²) >= 11 is 0.862. The van der Waals surface area contributed by atoms with Gasteiger partial charge in [-0.05, 0) is 18.2 Å². The third-order valence-corrected chi connectivity index (χ3v) is 4.09. The van der Waals surface area contributed by atoms with Gasteiger partial charge < -0.3 is 10.6 Å². The molecule has 0 unspecified atom stereocenters. The van der Waals surface area contributed by atoms with Gasteiger partial charge in [0.15, 0.2) is 11.7 Å². The van der Waals surface area contributed by atoms with E-state index >= 15 is 0 Å². The number of nitrogens with zero attached hydrogens (tertiary/aromatic N) is 2. The maximum absolute atomic E-state index is 12.6. The van der Waals surface area contributed by atoms with E-state index in [-0.39, 0.29) is 53.6 Å². The predicted molar refractivity (Wildman–Crippen MR) is 109 cm³/mol. The highest BCUT2D eigenvalue weighted by molar-refractivity contribution is 14.0. The van der Waals surface area contributed by atoms with Crippen LogP contribution < -0.4 is 10.6 Å². The van der Waals surface area contributed by atoms with Gasteiger partial charge in [-0.25, -0.2) is 4.98 Å². The van der Waals surface area contributed by atoms with Gasteiger partial charge in [-0.1, -0.05) is 17.9 Å². The Morgan fingerprint density at radius 1 is 1.14 bits per heavy atom. The Morgan fingerprint density at radius 2 is 1.86 bits per heavy atom. The van der Waals surface area contributed by atoms with Crippen LogP contribution in [0.15, 0.2) is 34.6 Å². The maximum Gasteiger partial charge on any atom is 0.434 e. The summed E-state index contributed by atoms with van der Waals surface area (Å²) in [5, 5.41) is 6.72. The van der Waals surface area contributed by atoms with Crippen LogP contribution in [-0.2, 0) is 18.9 Å². The summed E-state index contributed by atoms with van der Waals surface area (Å²) in [4.78, 5) is 7.36. The predicted octanol–water partition coefficient (Wildman–Crippen LogP) is 4.52. The van der Waals surface area contributed by atoms with Crippen molar-refractivity contribution in [3.8, 4) is 11.8 Å². The molecule has 2 aromatic rings. The lowest BCUT2D eigenvalue weighted by molar-refractivity contribution is -0.141. The molecule has 0 aliphatic carbocycles. The van der Waals surface area contributed by atoms with Crippen LogP contribution in [0.5, 0.6) is 0 Å². The molecule has 0 aliphatic heterocycles. The SMILES string of the molecule is CN=C(NCC#Cc1cccc(C(F)(F)F)c1)NCc1nc(C(F)(F)F)cs1.I. The van der Waals surface area contributed by atoms with Gasteiger partial charge >= 0.3 is 12.4 Å². The minimum Gasteiger partial charge on any atom is -0.350 e. The highest BCUT2D eigenvalue weighted by Gasteiger charge is 2.33. The third-order valence-electron chi connectivity index (χ3n) is 3.24. The Morgan fingerprint density at radius 3 is 2.45 bits per heavy atom. The van der Waals surface area contributed by atoms with Gasteiger partial charge in [0.25, 0.3) is 0 Å². The van der Waals surface area contributed by atoms with Crippen molar-refractivity contribution in [2.75, 3.05) is 13.6 Å². The van der Waals surface area contributed by atoms with Gasteiger partial charge in [0.1, 0.15) is 5.01 Å². The van der Waals surface area contributed by atoms with E-state index in [1.807, 2.05) is 0 Å². The topological polar surface area (TPSA) is 49.3 Å². The van der Waals surface area contributed by atoms with Gasteiger partial charge in [-0.15, -0.1) is 35.3 Å². The summed E-state index contributed by atoms with van der Waals surface area (Å²) in [5.74, 6) is 5.52. The normalized spacial score (nSPS) is 11.9. The average Bonchev–Trinajstić information content (AvgIpc) is 3.10. The Labute approximate surface area is 183 Å². The van der Waals surface area contributed by atoms with Crippen molar-refractivity contribution in [3.63, 3.8) is 0 Å². The number of hydrogen-bond acceptors (Lipinski definition) is 3. The Kier molecular flexibility index (Phi) is 9.21. The first-order chi connectivity index (χ1) is 13.1. The molecule has 29 heavy (non-hydrogen) atoms. The molecule has 0 aliphatic rings. The van der Waals surface area contributed by atoms with Crippen LogP contribution in [0.2, 0.25) is 0 Å². The second kappa shape index (κ2) is 10.7. The summed E-state index contributed by atoms with van der Waals surface area (Å²) in [6.07, 6.45) is -8.93. The molecule has 0 saturated carbocycles. The number of thiazole rings is 1. The highest BCUT2D eigenvalue weighted by Crippen LogP contribution is 2.30. The minimum absolute atomic E-state index is 0. The minimum atomic E-state index is -4.49. The molecule has 4 nitrogen and oxygen atoms in total. The van der Waals surface area contributed by atoms with Gasteiger partial charge in [-0.3, -0.25) is 4.99 Å². The van der Waals surface area contributed by atoms with Crippen LogP contribution >= 0.6 is 35.3 Å². The zero-order valence-corrected chi connectivity index (χ0v) is 17.9. The third kappa shape index (κ3) is 8.09. The molecule has 0 atom stereocenters. The van der Waals surface area contributed by atoms with Crippen molar-refractivity contribution in [3.05, 3.63) is 51.5 Å². The molecule has 0 fully saturated rings. The van der Waals surface area contributed by atoms with E-state index in [2.05, 4.69) is 32.5 Å². The van der Waals surface area contributed by atoms with Gasteiger partial charge in [0.2, 0.25) is 0 Å². The van der Waals surface area contributed by atoms with Crippen LogP contribution in [0.4, 0.5) is 26.3 Å². The summed E-state index contributed by atoms with van der Waals surface area (Å²) in [6.45, 7) is 0.100. The summed E-state index contributed by atoms with van der Waals surface area (Å²) < 4.78 is 75.5. The van der Waals surface area contributed by atoms with Crippen LogP contribution in [0.3, 0.4) is 0 Å². The molecule has 0 spiro atoms. The molecule has 1 aromatic carbocycles. The molecular formula is C17H15F6IN4S. The summed E-state index contributed by atoms with van der Waals surface area (Å²) in [7, 11) is 1.46. The van der Waals surface area contributed by atoms with Crippen LogP contribution in [-0.4, -0.2) is 24.5 Å². The molecule has 0 radical (unpaired) electrons. The molecule has 158 valence electrons. The first-order valence-electron chi connectivity index (χ1n) is 7.72. The quantitative estimate of drug-likeness (QED) is 0.195. The molecular weight excluding hydrogens is 533 g/mol. The second-order valence-corrected chi connectivity index (χ2v) is 6.23. The lowest BCUT2D eigenvalue weighted by Crippen LogP contribution is -2.36. The zero-order valence-electron chi connectivity index (χ0n) is 14.8. The summed E-state index contributed by atoms with van der Waals surface area (Å²) in [5.41, 5.74) is -1.53. The van der Waals surface area contributed by atoms with E-state index in [4.69, 9.17) is 0 Å². The average molecular weight is 548 g/mol. The number of hydrogen-bond donors (Lipinski definition) is 2. The van der Waals surface area contributed by atoms with Crippen molar-refractivity contribution in [1.29, 1.82) is 0 Å². The lowest BCUT2D eigenvalue weighted by Gasteiger charge is -2.08. The van der Waals surface area contributed by atoms with Crippen molar-refractivity contribution >= 4 is 41.3 Å². The van der Waals surface area contributed by atoms with Gasteiger partial charge in [0, 0.05) is 18.0 Å². The maximum atomic E-state index is 12.6. The number of nitrogens with one attached hydrogen (secondary N) is 2. The molecule has 12 heteroatoms. The highest BCUT2D eigenvalue weighted by atomic mass is 127. The molecule has 0 bridgehead atoms. The van der Waals surface area contributed by atoms with E-state index < -0.39 is 23.6 Å². The van der Waals surface area contributed by atoms with Crippen molar-refractivity contribution in [1.82, 2.24) is 15.6 Å². The fraction of sp³-hybridized carbons (Fsp3) is 0.294. The van der Waals surface area contributed by atoms with Gasteiger partial charge in [0.05, 0.1) is 18.7 Å². The monoisotopic (exact) mass is 548 g/mol. The molecule has 1 heterocycles. The first-order valence-corrected chi connectivity index (χ1v) is 8.60. The molecule has 1 aromatic heterocycles. The Balaban J connectivity index is 0.00000420. The number of guanidine groups is 1. The van der Waals surface area contributed by atoms with Crippen LogP contribution in [0.25, 0.3) is 0 Å². The molecule has 2 rings (SSSR count). The fourth-order valence-corrected chi connectivity index (χ4v) is 2.69. The summed E-state index contributed by atoms with van der Waals surface area (Å²) in [6, 6.07) is 4.62. The van der Waals surface area contributed by atoms with Crippen molar-refractivity contribution in [2.24, 2.45) is 4.99 Å². The number of alkyl halides is 6. The first kappa shape index (κ1) is 25.0. The van der Waals surface area contributed by atoms with E-state index in [1.54, 1.807) is 0 Å². The molecule has 2 N–H and O–H groups in total. The number of halogens is 7. The van der Waals surface area contributed by atoms with Crippen molar-refractivity contribution < 1.29 is 26.3 Å². The van der Waals surface area contributed by atoms with E-state index in [0.717, 1.165) is 28.8 Å². The number of benzene rings is 1. The molecule has 0 amide bonds.